The van der Waals surface area contributed by atoms with Gasteiger partial charge in [0, 0.05) is 5.38 Å². The largest absolute Gasteiger partial charge is 0.463 e. The zero-order valence-electron chi connectivity index (χ0n) is 13.1. The SMILES string of the molecule is C=C(C)CN=c1scc(-c2ccco2)n1N=Cc1cccc(F)c1. The van der Waals surface area contributed by atoms with E-state index in [1.54, 1.807) is 29.3 Å². The highest BCUT2D eigenvalue weighted by Crippen LogP contribution is 2.20. The van der Waals surface area contributed by atoms with Crippen molar-refractivity contribution >= 4 is 17.6 Å². The van der Waals surface area contributed by atoms with Gasteiger partial charge in [-0.1, -0.05) is 24.3 Å². The summed E-state index contributed by atoms with van der Waals surface area (Å²) in [5.74, 6) is 0.395. The molecule has 3 rings (SSSR count). The minimum absolute atomic E-state index is 0.298. The molecule has 0 spiro atoms. The van der Waals surface area contributed by atoms with Crippen LogP contribution in [0, 0.1) is 5.82 Å². The molecule has 0 saturated heterocycles. The van der Waals surface area contributed by atoms with E-state index in [-0.39, 0.29) is 5.82 Å². The molecular formula is C18H16FN3OS. The Morgan fingerprint density at radius 3 is 2.96 bits per heavy atom. The first-order chi connectivity index (χ1) is 11.6. The Balaban J connectivity index is 2.04. The summed E-state index contributed by atoms with van der Waals surface area (Å²) < 4.78 is 20.5. The van der Waals surface area contributed by atoms with Gasteiger partial charge in [-0.2, -0.15) is 5.10 Å². The van der Waals surface area contributed by atoms with Gasteiger partial charge < -0.3 is 4.42 Å². The molecule has 3 aromatic rings. The Morgan fingerprint density at radius 2 is 2.25 bits per heavy atom. The second-order valence-electron chi connectivity index (χ2n) is 5.27. The maximum absolute atomic E-state index is 13.3. The van der Waals surface area contributed by atoms with Gasteiger partial charge in [0.2, 0.25) is 4.80 Å². The fourth-order valence-corrected chi connectivity index (χ4v) is 2.85. The Bertz CT molecular complexity index is 935. The molecule has 0 radical (unpaired) electrons. The molecule has 6 heteroatoms. The highest BCUT2D eigenvalue weighted by Gasteiger charge is 2.09. The van der Waals surface area contributed by atoms with Crippen LogP contribution in [-0.2, 0) is 0 Å². The first kappa shape index (κ1) is 16.1. The average molecular weight is 341 g/mol. The number of nitrogens with zero attached hydrogens (tertiary/aromatic N) is 3. The fourth-order valence-electron chi connectivity index (χ4n) is 2.03. The Kier molecular flexibility index (Phi) is 4.86. The Hall–Kier alpha value is -2.73. The summed E-state index contributed by atoms with van der Waals surface area (Å²) in [7, 11) is 0. The minimum Gasteiger partial charge on any atom is -0.463 e. The van der Waals surface area contributed by atoms with Crippen LogP contribution in [0.3, 0.4) is 0 Å². The molecule has 4 nitrogen and oxygen atoms in total. The normalized spacial score (nSPS) is 12.2. The molecule has 24 heavy (non-hydrogen) atoms. The van der Waals surface area contributed by atoms with Crippen LogP contribution in [0.1, 0.15) is 12.5 Å². The summed E-state index contributed by atoms with van der Waals surface area (Å²) in [5, 5.41) is 6.39. The van der Waals surface area contributed by atoms with E-state index in [1.165, 1.54) is 23.5 Å². The van der Waals surface area contributed by atoms with Crippen molar-refractivity contribution < 1.29 is 8.81 Å². The lowest BCUT2D eigenvalue weighted by Crippen LogP contribution is -2.12. The molecule has 2 heterocycles. The second-order valence-corrected chi connectivity index (χ2v) is 6.10. The predicted octanol–water partition coefficient (Wildman–Crippen LogP) is 4.31. The lowest BCUT2D eigenvalue weighted by molar-refractivity contribution is 0.575. The predicted molar refractivity (Wildman–Crippen MR) is 94.6 cm³/mol. The second kappa shape index (κ2) is 7.23. The summed E-state index contributed by atoms with van der Waals surface area (Å²) >= 11 is 1.46. The third-order valence-corrected chi connectivity index (χ3v) is 3.97. The molecule has 0 atom stereocenters. The van der Waals surface area contributed by atoms with E-state index in [9.17, 15) is 4.39 Å². The number of rotatable bonds is 5. The van der Waals surface area contributed by atoms with E-state index in [1.807, 2.05) is 24.4 Å². The number of thiazole rings is 1. The van der Waals surface area contributed by atoms with Crippen LogP contribution >= 0.6 is 11.3 Å². The molecule has 0 saturated carbocycles. The molecular weight excluding hydrogens is 325 g/mol. The molecule has 122 valence electrons. The van der Waals surface area contributed by atoms with Gasteiger partial charge in [-0.25, -0.2) is 9.07 Å². The van der Waals surface area contributed by atoms with Gasteiger partial charge >= 0.3 is 0 Å². The van der Waals surface area contributed by atoms with Crippen molar-refractivity contribution in [2.75, 3.05) is 6.54 Å². The van der Waals surface area contributed by atoms with Crippen molar-refractivity contribution in [3.05, 3.63) is 76.4 Å². The van der Waals surface area contributed by atoms with Gasteiger partial charge in [-0.05, 0) is 36.8 Å². The fraction of sp³-hybridized carbons (Fsp3) is 0.111. The van der Waals surface area contributed by atoms with Gasteiger partial charge in [-0.15, -0.1) is 11.3 Å². The summed E-state index contributed by atoms with van der Waals surface area (Å²) in [4.78, 5) is 5.24. The average Bonchev–Trinajstić information content (AvgIpc) is 3.20. The highest BCUT2D eigenvalue weighted by atomic mass is 32.1. The molecule has 2 aromatic heterocycles. The maximum Gasteiger partial charge on any atom is 0.206 e. The van der Waals surface area contributed by atoms with Crippen LogP contribution in [0.2, 0.25) is 0 Å². The minimum atomic E-state index is -0.298. The standard InChI is InChI=1S/C18H16FN3OS/c1-13(2)10-20-18-22(16(12-24-18)17-7-4-8-23-17)21-11-14-5-3-6-15(19)9-14/h3-9,11-12H,1,10H2,2H3. The van der Waals surface area contributed by atoms with Crippen LogP contribution in [0.15, 0.2) is 74.7 Å². The van der Waals surface area contributed by atoms with Crippen molar-refractivity contribution in [2.45, 2.75) is 6.92 Å². The monoisotopic (exact) mass is 341 g/mol. The van der Waals surface area contributed by atoms with E-state index < -0.39 is 0 Å². The highest BCUT2D eigenvalue weighted by molar-refractivity contribution is 7.07. The van der Waals surface area contributed by atoms with Crippen molar-refractivity contribution in [1.82, 2.24) is 4.68 Å². The summed E-state index contributed by atoms with van der Waals surface area (Å²) in [6.45, 7) is 6.31. The number of halogens is 1. The van der Waals surface area contributed by atoms with Gasteiger partial charge in [0.1, 0.15) is 11.5 Å². The number of benzene rings is 1. The lowest BCUT2D eigenvalue weighted by Gasteiger charge is -2.01. The molecule has 0 aliphatic carbocycles. The van der Waals surface area contributed by atoms with E-state index in [2.05, 4.69) is 16.7 Å². The van der Waals surface area contributed by atoms with Crippen molar-refractivity contribution in [1.29, 1.82) is 0 Å². The smallest absolute Gasteiger partial charge is 0.206 e. The number of hydrogen-bond donors (Lipinski definition) is 0. The molecule has 0 N–H and O–H groups in total. The number of furan rings is 1. The zero-order chi connectivity index (χ0) is 16.9. The molecule has 0 unspecified atom stereocenters. The number of hydrogen-bond acceptors (Lipinski definition) is 4. The van der Waals surface area contributed by atoms with E-state index in [0.717, 1.165) is 16.1 Å². The summed E-state index contributed by atoms with van der Waals surface area (Å²) in [6.07, 6.45) is 3.21. The van der Waals surface area contributed by atoms with Gasteiger partial charge in [0.25, 0.3) is 0 Å². The Labute approximate surface area is 142 Å². The van der Waals surface area contributed by atoms with Crippen molar-refractivity contribution in [3.8, 4) is 11.5 Å². The molecule has 0 fully saturated rings. The van der Waals surface area contributed by atoms with Crippen LogP contribution in [0.5, 0.6) is 0 Å². The summed E-state index contributed by atoms with van der Waals surface area (Å²) in [6, 6.07) is 9.94. The zero-order valence-corrected chi connectivity index (χ0v) is 14.0. The maximum atomic E-state index is 13.3. The van der Waals surface area contributed by atoms with E-state index >= 15 is 0 Å². The molecule has 0 bridgehead atoms. The van der Waals surface area contributed by atoms with Gasteiger partial charge in [-0.3, -0.25) is 4.99 Å². The molecule has 0 aliphatic heterocycles. The quantitative estimate of drug-likeness (QED) is 0.504. The van der Waals surface area contributed by atoms with Crippen LogP contribution in [0.4, 0.5) is 4.39 Å². The van der Waals surface area contributed by atoms with Crippen molar-refractivity contribution in [2.24, 2.45) is 10.1 Å². The molecule has 0 aliphatic rings. The first-order valence-corrected chi connectivity index (χ1v) is 8.20. The van der Waals surface area contributed by atoms with E-state index in [0.29, 0.717) is 17.9 Å². The lowest BCUT2D eigenvalue weighted by atomic mass is 10.2. The third kappa shape index (κ3) is 3.78. The topological polar surface area (TPSA) is 42.8 Å². The van der Waals surface area contributed by atoms with Gasteiger partial charge in [0.05, 0.1) is 19.0 Å². The van der Waals surface area contributed by atoms with Gasteiger partial charge in [0.15, 0.2) is 5.76 Å². The number of aromatic nitrogens is 1. The van der Waals surface area contributed by atoms with Crippen LogP contribution < -0.4 is 4.80 Å². The van der Waals surface area contributed by atoms with Crippen LogP contribution in [0.25, 0.3) is 11.5 Å². The third-order valence-electron chi connectivity index (χ3n) is 3.11. The van der Waals surface area contributed by atoms with Crippen LogP contribution in [-0.4, -0.2) is 17.4 Å². The molecule has 1 aromatic carbocycles. The first-order valence-electron chi connectivity index (χ1n) is 7.33. The van der Waals surface area contributed by atoms with E-state index in [4.69, 9.17) is 4.42 Å². The Morgan fingerprint density at radius 1 is 1.38 bits per heavy atom. The molecule has 0 amide bonds. The summed E-state index contributed by atoms with van der Waals surface area (Å²) in [5.41, 5.74) is 2.42. The van der Waals surface area contributed by atoms with Crippen molar-refractivity contribution in [3.63, 3.8) is 0 Å².